The summed E-state index contributed by atoms with van der Waals surface area (Å²) in [7, 11) is 0. The van der Waals surface area contributed by atoms with E-state index in [9.17, 15) is 9.59 Å². The zero-order valence-electron chi connectivity index (χ0n) is 14.9. The van der Waals surface area contributed by atoms with E-state index < -0.39 is 12.1 Å². The van der Waals surface area contributed by atoms with Gasteiger partial charge in [-0.25, -0.2) is 4.79 Å². The number of benzene rings is 1. The SMILES string of the molecule is CC(C)CCOC(C)C(=O)OCC(=O)NCCCc1ccccc1. The Labute approximate surface area is 144 Å². The van der Waals surface area contributed by atoms with Crippen molar-refractivity contribution < 1.29 is 19.1 Å². The second-order valence-electron chi connectivity index (χ2n) is 6.24. The zero-order valence-corrected chi connectivity index (χ0v) is 14.9. The molecule has 0 aliphatic rings. The van der Waals surface area contributed by atoms with Gasteiger partial charge in [-0.1, -0.05) is 44.2 Å². The monoisotopic (exact) mass is 335 g/mol. The first-order chi connectivity index (χ1) is 11.5. The van der Waals surface area contributed by atoms with Crippen LogP contribution in [0.2, 0.25) is 0 Å². The fourth-order valence-corrected chi connectivity index (χ4v) is 2.02. The molecule has 0 heterocycles. The first-order valence-corrected chi connectivity index (χ1v) is 8.58. The number of esters is 1. The molecule has 5 heteroatoms. The van der Waals surface area contributed by atoms with Gasteiger partial charge in [-0.2, -0.15) is 0 Å². The normalized spacial score (nSPS) is 12.0. The molecular formula is C19H29NO4. The van der Waals surface area contributed by atoms with Gasteiger partial charge in [-0.05, 0) is 37.7 Å². The highest BCUT2D eigenvalue weighted by Gasteiger charge is 2.16. The predicted molar refractivity (Wildman–Crippen MR) is 93.6 cm³/mol. The van der Waals surface area contributed by atoms with Crippen LogP contribution in [0.4, 0.5) is 0 Å². The summed E-state index contributed by atoms with van der Waals surface area (Å²) < 4.78 is 10.4. The minimum Gasteiger partial charge on any atom is -0.454 e. The quantitative estimate of drug-likeness (QED) is 0.499. The van der Waals surface area contributed by atoms with E-state index in [2.05, 4.69) is 31.3 Å². The van der Waals surface area contributed by atoms with E-state index in [-0.39, 0.29) is 12.5 Å². The minimum atomic E-state index is -0.644. The van der Waals surface area contributed by atoms with Gasteiger partial charge in [0.25, 0.3) is 5.91 Å². The number of ether oxygens (including phenoxy) is 2. The van der Waals surface area contributed by atoms with E-state index >= 15 is 0 Å². The molecule has 0 saturated heterocycles. The van der Waals surface area contributed by atoms with Crippen molar-refractivity contribution in [3.8, 4) is 0 Å². The Morgan fingerprint density at radius 1 is 1.12 bits per heavy atom. The van der Waals surface area contributed by atoms with Crippen molar-refractivity contribution in [2.24, 2.45) is 5.92 Å². The highest BCUT2D eigenvalue weighted by Crippen LogP contribution is 2.03. The summed E-state index contributed by atoms with van der Waals surface area (Å²) >= 11 is 0. The second kappa shape index (κ2) is 11.6. The van der Waals surface area contributed by atoms with Crippen LogP contribution in [0, 0.1) is 5.92 Å². The average Bonchev–Trinajstić information content (AvgIpc) is 2.57. The van der Waals surface area contributed by atoms with E-state index in [1.54, 1.807) is 6.92 Å². The number of hydrogen-bond donors (Lipinski definition) is 1. The summed E-state index contributed by atoms with van der Waals surface area (Å²) in [5, 5.41) is 2.75. The third-order valence-corrected chi connectivity index (χ3v) is 3.55. The van der Waals surface area contributed by atoms with Gasteiger partial charge in [-0.15, -0.1) is 0 Å². The van der Waals surface area contributed by atoms with Crippen LogP contribution in [0.1, 0.15) is 39.2 Å². The van der Waals surface area contributed by atoms with Crippen LogP contribution in [0.5, 0.6) is 0 Å². The average molecular weight is 335 g/mol. The number of carbonyl (C=O) groups is 2. The first kappa shape index (κ1) is 20.2. The Kier molecular flexibility index (Phi) is 9.77. The van der Waals surface area contributed by atoms with Crippen molar-refractivity contribution in [3.05, 3.63) is 35.9 Å². The fraction of sp³-hybridized carbons (Fsp3) is 0.579. The maximum Gasteiger partial charge on any atom is 0.335 e. The van der Waals surface area contributed by atoms with Gasteiger partial charge in [-0.3, -0.25) is 4.79 Å². The molecule has 1 N–H and O–H groups in total. The summed E-state index contributed by atoms with van der Waals surface area (Å²) in [6.07, 6.45) is 1.99. The Morgan fingerprint density at radius 2 is 1.83 bits per heavy atom. The second-order valence-corrected chi connectivity index (χ2v) is 6.24. The molecular weight excluding hydrogens is 306 g/mol. The third kappa shape index (κ3) is 9.30. The van der Waals surface area contributed by atoms with Gasteiger partial charge in [0.15, 0.2) is 12.7 Å². The molecule has 1 unspecified atom stereocenters. The number of hydrogen-bond acceptors (Lipinski definition) is 4. The lowest BCUT2D eigenvalue weighted by Crippen LogP contribution is -2.32. The molecule has 1 rings (SSSR count). The lowest BCUT2D eigenvalue weighted by molar-refractivity contribution is -0.159. The third-order valence-electron chi connectivity index (χ3n) is 3.55. The summed E-state index contributed by atoms with van der Waals surface area (Å²) in [5.41, 5.74) is 1.24. The molecule has 0 aliphatic heterocycles. The highest BCUT2D eigenvalue weighted by molar-refractivity contribution is 5.81. The van der Waals surface area contributed by atoms with Crippen molar-refractivity contribution in [2.75, 3.05) is 19.8 Å². The molecule has 1 aromatic rings. The number of aryl methyl sites for hydroxylation is 1. The van der Waals surface area contributed by atoms with Gasteiger partial charge in [0.2, 0.25) is 0 Å². The number of nitrogens with one attached hydrogen (secondary N) is 1. The molecule has 1 aromatic carbocycles. The molecule has 0 bridgehead atoms. The largest absolute Gasteiger partial charge is 0.454 e. The molecule has 1 atom stereocenters. The van der Waals surface area contributed by atoms with Gasteiger partial charge in [0.05, 0.1) is 0 Å². The molecule has 5 nitrogen and oxygen atoms in total. The molecule has 0 aromatic heterocycles. The van der Waals surface area contributed by atoms with Crippen LogP contribution in [-0.2, 0) is 25.5 Å². The Hall–Kier alpha value is -1.88. The molecule has 0 spiro atoms. The van der Waals surface area contributed by atoms with Crippen LogP contribution in [-0.4, -0.2) is 37.7 Å². The molecule has 1 amide bonds. The molecule has 134 valence electrons. The van der Waals surface area contributed by atoms with Crippen LogP contribution in [0.3, 0.4) is 0 Å². The lowest BCUT2D eigenvalue weighted by atomic mass is 10.1. The summed E-state index contributed by atoms with van der Waals surface area (Å²) in [6.45, 7) is 6.64. The number of amides is 1. The van der Waals surface area contributed by atoms with Gasteiger partial charge < -0.3 is 14.8 Å². The van der Waals surface area contributed by atoms with E-state index in [1.165, 1.54) is 5.56 Å². The maximum atomic E-state index is 11.7. The molecule has 0 fully saturated rings. The van der Waals surface area contributed by atoms with Crippen molar-refractivity contribution >= 4 is 11.9 Å². The predicted octanol–water partition coefficient (Wildman–Crippen LogP) is 2.73. The molecule has 0 radical (unpaired) electrons. The van der Waals surface area contributed by atoms with Crippen molar-refractivity contribution in [3.63, 3.8) is 0 Å². The van der Waals surface area contributed by atoms with Gasteiger partial charge in [0, 0.05) is 13.2 Å². The summed E-state index contributed by atoms with van der Waals surface area (Å²) in [6, 6.07) is 10.1. The first-order valence-electron chi connectivity index (χ1n) is 8.58. The minimum absolute atomic E-state index is 0.262. The van der Waals surface area contributed by atoms with Crippen LogP contribution >= 0.6 is 0 Å². The summed E-state index contributed by atoms with van der Waals surface area (Å²) in [5.74, 6) is -0.265. The van der Waals surface area contributed by atoms with Crippen LogP contribution < -0.4 is 5.32 Å². The zero-order chi connectivity index (χ0) is 17.8. The van der Waals surface area contributed by atoms with E-state index in [0.29, 0.717) is 19.1 Å². The highest BCUT2D eigenvalue weighted by atomic mass is 16.6. The Morgan fingerprint density at radius 3 is 2.50 bits per heavy atom. The van der Waals surface area contributed by atoms with Gasteiger partial charge in [0.1, 0.15) is 0 Å². The standard InChI is InChI=1S/C19H29NO4/c1-15(2)11-13-23-16(3)19(22)24-14-18(21)20-12-7-10-17-8-5-4-6-9-17/h4-6,8-9,15-16H,7,10-14H2,1-3H3,(H,20,21). The smallest absolute Gasteiger partial charge is 0.335 e. The number of carbonyl (C=O) groups excluding carboxylic acids is 2. The number of rotatable bonds is 11. The molecule has 0 saturated carbocycles. The lowest BCUT2D eigenvalue weighted by Gasteiger charge is -2.13. The van der Waals surface area contributed by atoms with E-state index in [4.69, 9.17) is 9.47 Å². The maximum absolute atomic E-state index is 11.7. The van der Waals surface area contributed by atoms with Crippen molar-refractivity contribution in [1.82, 2.24) is 5.32 Å². The fourth-order valence-electron chi connectivity index (χ4n) is 2.02. The van der Waals surface area contributed by atoms with E-state index in [1.807, 2.05) is 18.2 Å². The Balaban J connectivity index is 2.09. The Bertz CT molecular complexity index is 487. The molecule has 24 heavy (non-hydrogen) atoms. The van der Waals surface area contributed by atoms with E-state index in [0.717, 1.165) is 19.3 Å². The van der Waals surface area contributed by atoms with Gasteiger partial charge >= 0.3 is 5.97 Å². The van der Waals surface area contributed by atoms with Crippen LogP contribution in [0.25, 0.3) is 0 Å². The topological polar surface area (TPSA) is 64.6 Å². The van der Waals surface area contributed by atoms with Crippen molar-refractivity contribution in [1.29, 1.82) is 0 Å². The summed E-state index contributed by atoms with van der Waals surface area (Å²) in [4.78, 5) is 23.4. The van der Waals surface area contributed by atoms with Crippen LogP contribution in [0.15, 0.2) is 30.3 Å². The van der Waals surface area contributed by atoms with Crippen molar-refractivity contribution in [2.45, 2.75) is 46.1 Å². The molecule has 0 aliphatic carbocycles.